The summed E-state index contributed by atoms with van der Waals surface area (Å²) in [5.74, 6) is -0.242. The lowest BCUT2D eigenvalue weighted by Gasteiger charge is -2.16. The highest BCUT2D eigenvalue weighted by molar-refractivity contribution is 9.11. The fourth-order valence-electron chi connectivity index (χ4n) is 1.38. The first-order valence-corrected chi connectivity index (χ1v) is 6.08. The van der Waals surface area contributed by atoms with Crippen molar-refractivity contribution >= 4 is 33.2 Å². The fourth-order valence-corrected chi connectivity index (χ4v) is 3.08. The number of carboxylic acid groups (broad SMARTS) is 1. The van der Waals surface area contributed by atoms with Crippen molar-refractivity contribution in [3.8, 4) is 0 Å². The van der Waals surface area contributed by atoms with E-state index >= 15 is 0 Å². The third-order valence-corrected chi connectivity index (χ3v) is 3.91. The topological polar surface area (TPSA) is 37.3 Å². The molecule has 0 aromatic carbocycles. The Balaban J connectivity index is 2.82. The molecule has 0 bridgehead atoms. The Morgan fingerprint density at radius 1 is 1.57 bits per heavy atom. The molecule has 0 fully saturated rings. The molecule has 0 aliphatic rings. The zero-order chi connectivity index (χ0) is 10.7. The normalized spacial score (nSPS) is 13.1. The molecule has 14 heavy (non-hydrogen) atoms. The molecule has 0 saturated heterocycles. The molecule has 1 rings (SSSR count). The summed E-state index contributed by atoms with van der Waals surface area (Å²) in [6.07, 6.45) is 0.213. The first-order valence-electron chi connectivity index (χ1n) is 4.47. The molecule has 1 atom stereocenters. The number of aliphatic carboxylic acids is 1. The molecule has 0 aliphatic heterocycles. The van der Waals surface area contributed by atoms with E-state index in [0.29, 0.717) is 5.92 Å². The maximum absolute atomic E-state index is 10.7. The van der Waals surface area contributed by atoms with E-state index < -0.39 is 5.97 Å². The van der Waals surface area contributed by atoms with E-state index in [1.165, 1.54) is 0 Å². The van der Waals surface area contributed by atoms with Crippen LogP contribution in [0.25, 0.3) is 0 Å². The second-order valence-electron chi connectivity index (χ2n) is 3.59. The van der Waals surface area contributed by atoms with Gasteiger partial charge in [-0.05, 0) is 34.0 Å². The molecule has 1 aromatic heterocycles. The van der Waals surface area contributed by atoms with Crippen molar-refractivity contribution in [1.82, 2.24) is 0 Å². The molecule has 1 aromatic rings. The quantitative estimate of drug-likeness (QED) is 0.910. The van der Waals surface area contributed by atoms with Crippen molar-refractivity contribution in [2.45, 2.75) is 26.2 Å². The van der Waals surface area contributed by atoms with Crippen LogP contribution in [0.2, 0.25) is 0 Å². The second-order valence-corrected chi connectivity index (χ2v) is 6.08. The largest absolute Gasteiger partial charge is 0.481 e. The van der Waals surface area contributed by atoms with Gasteiger partial charge in [0.15, 0.2) is 0 Å². The average Bonchev–Trinajstić information content (AvgIpc) is 2.46. The maximum atomic E-state index is 10.7. The highest BCUT2D eigenvalue weighted by Crippen LogP contribution is 2.34. The lowest BCUT2D eigenvalue weighted by atomic mass is 9.91. The van der Waals surface area contributed by atoms with Crippen molar-refractivity contribution in [1.29, 1.82) is 0 Å². The van der Waals surface area contributed by atoms with Crippen LogP contribution in [0, 0.1) is 5.92 Å². The highest BCUT2D eigenvalue weighted by atomic mass is 79.9. The smallest absolute Gasteiger partial charge is 0.304 e. The number of hydrogen-bond donors (Lipinski definition) is 1. The molecular formula is C10H13BrO2S. The van der Waals surface area contributed by atoms with Gasteiger partial charge in [-0.25, -0.2) is 0 Å². The highest BCUT2D eigenvalue weighted by Gasteiger charge is 2.20. The monoisotopic (exact) mass is 276 g/mol. The minimum Gasteiger partial charge on any atom is -0.481 e. The number of carboxylic acids is 1. The van der Waals surface area contributed by atoms with E-state index in [4.69, 9.17) is 5.11 Å². The predicted octanol–water partition coefficient (Wildman–Crippen LogP) is 3.72. The summed E-state index contributed by atoms with van der Waals surface area (Å²) in [6.45, 7) is 4.11. The molecule has 1 heterocycles. The molecule has 1 unspecified atom stereocenters. The van der Waals surface area contributed by atoms with Gasteiger partial charge in [0.25, 0.3) is 0 Å². The van der Waals surface area contributed by atoms with Crippen LogP contribution in [-0.4, -0.2) is 11.1 Å². The Labute approximate surface area is 96.1 Å². The van der Waals surface area contributed by atoms with Gasteiger partial charge in [0.1, 0.15) is 0 Å². The van der Waals surface area contributed by atoms with Gasteiger partial charge in [-0.1, -0.05) is 13.8 Å². The van der Waals surface area contributed by atoms with E-state index in [0.717, 1.165) is 8.66 Å². The Kier molecular flexibility index (Phi) is 4.13. The SMILES string of the molecule is CC(C)C(CC(=O)O)c1ccc(Br)s1. The van der Waals surface area contributed by atoms with Crippen molar-refractivity contribution in [2.24, 2.45) is 5.92 Å². The summed E-state index contributed by atoms with van der Waals surface area (Å²) < 4.78 is 1.06. The minimum atomic E-state index is -0.728. The van der Waals surface area contributed by atoms with Crippen LogP contribution >= 0.6 is 27.3 Å². The third-order valence-electron chi connectivity index (χ3n) is 2.16. The predicted molar refractivity (Wildman–Crippen MR) is 61.9 cm³/mol. The van der Waals surface area contributed by atoms with E-state index in [9.17, 15) is 4.79 Å². The van der Waals surface area contributed by atoms with Gasteiger partial charge < -0.3 is 5.11 Å². The number of halogens is 1. The summed E-state index contributed by atoms with van der Waals surface area (Å²) in [5, 5.41) is 8.79. The number of thiophene rings is 1. The minimum absolute atomic E-state index is 0.129. The lowest BCUT2D eigenvalue weighted by molar-refractivity contribution is -0.137. The van der Waals surface area contributed by atoms with Crippen LogP contribution < -0.4 is 0 Å². The molecule has 0 spiro atoms. The van der Waals surface area contributed by atoms with Gasteiger partial charge in [-0.15, -0.1) is 11.3 Å². The van der Waals surface area contributed by atoms with Crippen LogP contribution in [0.15, 0.2) is 15.9 Å². The molecule has 0 amide bonds. The molecular weight excluding hydrogens is 264 g/mol. The van der Waals surface area contributed by atoms with Crippen molar-refractivity contribution < 1.29 is 9.90 Å². The van der Waals surface area contributed by atoms with E-state index in [2.05, 4.69) is 29.8 Å². The fraction of sp³-hybridized carbons (Fsp3) is 0.500. The number of carbonyl (C=O) groups is 1. The third kappa shape index (κ3) is 3.10. The van der Waals surface area contributed by atoms with E-state index in [-0.39, 0.29) is 12.3 Å². The van der Waals surface area contributed by atoms with Crippen LogP contribution in [0.5, 0.6) is 0 Å². The summed E-state index contributed by atoms with van der Waals surface area (Å²) >= 11 is 5.01. The molecule has 78 valence electrons. The summed E-state index contributed by atoms with van der Waals surface area (Å²) in [4.78, 5) is 11.8. The van der Waals surface area contributed by atoms with Gasteiger partial charge in [0.2, 0.25) is 0 Å². The van der Waals surface area contributed by atoms with Gasteiger partial charge in [-0.2, -0.15) is 0 Å². The van der Waals surface area contributed by atoms with E-state index in [1.54, 1.807) is 11.3 Å². The molecule has 0 aliphatic carbocycles. The Morgan fingerprint density at radius 2 is 2.21 bits per heavy atom. The molecule has 2 nitrogen and oxygen atoms in total. The molecule has 0 radical (unpaired) electrons. The van der Waals surface area contributed by atoms with Crippen LogP contribution in [0.3, 0.4) is 0 Å². The van der Waals surface area contributed by atoms with Crippen LogP contribution in [0.1, 0.15) is 31.1 Å². The van der Waals surface area contributed by atoms with Gasteiger partial charge in [0.05, 0.1) is 10.2 Å². The van der Waals surface area contributed by atoms with Gasteiger partial charge in [-0.3, -0.25) is 4.79 Å². The maximum Gasteiger partial charge on any atom is 0.304 e. The Morgan fingerprint density at radius 3 is 2.57 bits per heavy atom. The summed E-state index contributed by atoms with van der Waals surface area (Å²) in [7, 11) is 0. The van der Waals surface area contributed by atoms with Crippen LogP contribution in [-0.2, 0) is 4.79 Å². The van der Waals surface area contributed by atoms with Crippen molar-refractivity contribution in [3.63, 3.8) is 0 Å². The molecule has 4 heteroatoms. The van der Waals surface area contributed by atoms with E-state index in [1.807, 2.05) is 12.1 Å². The molecule has 1 N–H and O–H groups in total. The van der Waals surface area contributed by atoms with Gasteiger partial charge >= 0.3 is 5.97 Å². The van der Waals surface area contributed by atoms with Gasteiger partial charge in [0, 0.05) is 10.8 Å². The first kappa shape index (κ1) is 11.7. The average molecular weight is 277 g/mol. The summed E-state index contributed by atoms with van der Waals surface area (Å²) in [5.41, 5.74) is 0. The van der Waals surface area contributed by atoms with Crippen LogP contribution in [0.4, 0.5) is 0 Å². The number of rotatable bonds is 4. The number of hydrogen-bond acceptors (Lipinski definition) is 2. The summed E-state index contributed by atoms with van der Waals surface area (Å²) in [6, 6.07) is 3.97. The second kappa shape index (κ2) is 4.94. The lowest BCUT2D eigenvalue weighted by Crippen LogP contribution is -2.10. The first-order chi connectivity index (χ1) is 6.50. The Bertz CT molecular complexity index is 320. The standard InChI is InChI=1S/C10H13BrO2S/c1-6(2)7(5-10(12)13)8-3-4-9(11)14-8/h3-4,6-7H,5H2,1-2H3,(H,12,13). The zero-order valence-corrected chi connectivity index (χ0v) is 10.6. The van der Waals surface area contributed by atoms with Crippen molar-refractivity contribution in [2.75, 3.05) is 0 Å². The zero-order valence-electron chi connectivity index (χ0n) is 8.16. The van der Waals surface area contributed by atoms with Crippen molar-refractivity contribution in [3.05, 3.63) is 20.8 Å². The molecule has 0 saturated carbocycles. The Hall–Kier alpha value is -0.350.